The van der Waals surface area contributed by atoms with E-state index in [-0.39, 0.29) is 5.56 Å². The van der Waals surface area contributed by atoms with E-state index in [9.17, 15) is 4.79 Å². The average molecular weight is 265 g/mol. The Bertz CT molecular complexity index is 733. The van der Waals surface area contributed by atoms with Crippen molar-refractivity contribution in [3.8, 4) is 16.9 Å². The molecule has 98 valence electrons. The van der Waals surface area contributed by atoms with Gasteiger partial charge >= 0.3 is 5.97 Å². The molecule has 1 aromatic carbocycles. The van der Waals surface area contributed by atoms with E-state index in [0.717, 1.165) is 16.9 Å². The Labute approximate surface area is 115 Å². The Balaban J connectivity index is 1.92. The molecule has 5 nitrogen and oxygen atoms in total. The monoisotopic (exact) mass is 265 g/mol. The molecule has 0 aliphatic carbocycles. The Morgan fingerprint density at radius 1 is 1.10 bits per heavy atom. The van der Waals surface area contributed by atoms with Gasteiger partial charge in [0.25, 0.3) is 0 Å². The van der Waals surface area contributed by atoms with Crippen LogP contribution in [-0.2, 0) is 0 Å². The van der Waals surface area contributed by atoms with Crippen molar-refractivity contribution in [2.24, 2.45) is 0 Å². The lowest BCUT2D eigenvalue weighted by atomic mass is 10.2. The zero-order valence-electron chi connectivity index (χ0n) is 10.5. The minimum absolute atomic E-state index is 0.255. The average Bonchev–Trinajstić information content (AvgIpc) is 2.98. The molecule has 0 amide bonds. The topological polar surface area (TPSA) is 68.0 Å². The maximum atomic E-state index is 10.8. The Hall–Kier alpha value is -2.95. The fourth-order valence-electron chi connectivity index (χ4n) is 1.89. The van der Waals surface area contributed by atoms with Crippen LogP contribution in [0.2, 0.25) is 0 Å². The number of carboxylic acid groups (broad SMARTS) is 1. The molecule has 0 spiro atoms. The summed E-state index contributed by atoms with van der Waals surface area (Å²) in [5.41, 5.74) is 2.82. The predicted molar refractivity (Wildman–Crippen MR) is 73.8 cm³/mol. The minimum atomic E-state index is -0.939. The molecule has 20 heavy (non-hydrogen) atoms. The van der Waals surface area contributed by atoms with Gasteiger partial charge in [0.05, 0.1) is 23.1 Å². The molecule has 2 heterocycles. The van der Waals surface area contributed by atoms with Crippen LogP contribution < -0.4 is 0 Å². The lowest BCUT2D eigenvalue weighted by Crippen LogP contribution is -1.98. The van der Waals surface area contributed by atoms with Gasteiger partial charge in [-0.05, 0) is 36.4 Å². The summed E-state index contributed by atoms with van der Waals surface area (Å²) >= 11 is 0. The molecule has 3 rings (SSSR count). The van der Waals surface area contributed by atoms with Gasteiger partial charge in [0, 0.05) is 18.0 Å². The normalized spacial score (nSPS) is 10.4. The van der Waals surface area contributed by atoms with Crippen molar-refractivity contribution in [1.82, 2.24) is 14.8 Å². The van der Waals surface area contributed by atoms with Crippen LogP contribution in [0, 0.1) is 0 Å². The van der Waals surface area contributed by atoms with Crippen LogP contribution in [0.25, 0.3) is 16.9 Å². The highest BCUT2D eigenvalue weighted by Crippen LogP contribution is 2.17. The zero-order valence-corrected chi connectivity index (χ0v) is 10.5. The van der Waals surface area contributed by atoms with E-state index in [4.69, 9.17) is 5.11 Å². The smallest absolute Gasteiger partial charge is 0.335 e. The van der Waals surface area contributed by atoms with E-state index in [1.165, 1.54) is 0 Å². The third kappa shape index (κ3) is 2.29. The lowest BCUT2D eigenvalue weighted by molar-refractivity contribution is 0.0697. The number of carbonyl (C=O) groups is 1. The van der Waals surface area contributed by atoms with Crippen molar-refractivity contribution in [2.75, 3.05) is 0 Å². The number of rotatable bonds is 3. The second-order valence-electron chi connectivity index (χ2n) is 4.24. The number of carboxylic acids is 1. The zero-order chi connectivity index (χ0) is 13.9. The van der Waals surface area contributed by atoms with E-state index in [1.54, 1.807) is 41.3 Å². The van der Waals surface area contributed by atoms with Crippen LogP contribution in [0.4, 0.5) is 0 Å². The number of aromatic carboxylic acids is 1. The first-order chi connectivity index (χ1) is 9.74. The minimum Gasteiger partial charge on any atom is -0.478 e. The van der Waals surface area contributed by atoms with Crippen LogP contribution >= 0.6 is 0 Å². The molecule has 0 aliphatic heterocycles. The van der Waals surface area contributed by atoms with Crippen LogP contribution in [0.1, 0.15) is 10.4 Å². The molecule has 0 saturated carbocycles. The summed E-state index contributed by atoms with van der Waals surface area (Å²) in [4.78, 5) is 15.1. The highest BCUT2D eigenvalue weighted by molar-refractivity contribution is 5.87. The summed E-state index contributed by atoms with van der Waals surface area (Å²) in [5.74, 6) is -0.939. The maximum absolute atomic E-state index is 10.8. The molecule has 1 N–H and O–H groups in total. The van der Waals surface area contributed by atoms with E-state index in [1.807, 2.05) is 24.4 Å². The fraction of sp³-hybridized carbons (Fsp3) is 0. The van der Waals surface area contributed by atoms with Gasteiger partial charge in [0.15, 0.2) is 0 Å². The quantitative estimate of drug-likeness (QED) is 0.790. The van der Waals surface area contributed by atoms with E-state index in [2.05, 4.69) is 10.1 Å². The molecule has 2 aromatic heterocycles. The van der Waals surface area contributed by atoms with Crippen LogP contribution in [-0.4, -0.2) is 25.8 Å². The lowest BCUT2D eigenvalue weighted by Gasteiger charge is -2.01. The first-order valence-corrected chi connectivity index (χ1v) is 6.04. The van der Waals surface area contributed by atoms with Gasteiger partial charge in [0.1, 0.15) is 0 Å². The standard InChI is InChI=1S/C15H11N3O2/c19-15(20)11-4-6-13(7-5-11)18-10-12(9-17-18)14-3-1-2-8-16-14/h1-10H,(H,19,20). The molecule has 0 unspecified atom stereocenters. The van der Waals surface area contributed by atoms with Gasteiger partial charge in [-0.2, -0.15) is 5.10 Å². The largest absolute Gasteiger partial charge is 0.478 e. The SMILES string of the molecule is O=C(O)c1ccc(-n2cc(-c3ccccn3)cn2)cc1. The summed E-state index contributed by atoms with van der Waals surface area (Å²) in [7, 11) is 0. The van der Waals surface area contributed by atoms with Crippen molar-refractivity contribution in [3.63, 3.8) is 0 Å². The second-order valence-corrected chi connectivity index (χ2v) is 4.24. The third-order valence-corrected chi connectivity index (χ3v) is 2.92. The van der Waals surface area contributed by atoms with Gasteiger partial charge in [-0.3, -0.25) is 4.98 Å². The van der Waals surface area contributed by atoms with Crippen molar-refractivity contribution in [2.45, 2.75) is 0 Å². The summed E-state index contributed by atoms with van der Waals surface area (Å²) in [5, 5.41) is 13.1. The summed E-state index contributed by atoms with van der Waals surface area (Å²) in [6.07, 6.45) is 5.32. The van der Waals surface area contributed by atoms with Crippen LogP contribution in [0.15, 0.2) is 61.1 Å². The van der Waals surface area contributed by atoms with Crippen LogP contribution in [0.3, 0.4) is 0 Å². The van der Waals surface area contributed by atoms with Gasteiger partial charge < -0.3 is 5.11 Å². The number of hydrogen-bond donors (Lipinski definition) is 1. The molecule has 5 heteroatoms. The molecular weight excluding hydrogens is 254 g/mol. The fourth-order valence-corrected chi connectivity index (χ4v) is 1.89. The Morgan fingerprint density at radius 2 is 1.90 bits per heavy atom. The van der Waals surface area contributed by atoms with Crippen molar-refractivity contribution in [1.29, 1.82) is 0 Å². The molecule has 0 saturated heterocycles. The predicted octanol–water partition coefficient (Wildman–Crippen LogP) is 2.63. The number of pyridine rings is 1. The van der Waals surface area contributed by atoms with E-state index < -0.39 is 5.97 Å². The molecule has 0 bridgehead atoms. The van der Waals surface area contributed by atoms with Gasteiger partial charge in [-0.1, -0.05) is 6.07 Å². The van der Waals surface area contributed by atoms with Crippen molar-refractivity contribution >= 4 is 5.97 Å². The molecular formula is C15H11N3O2. The number of hydrogen-bond acceptors (Lipinski definition) is 3. The molecule has 0 radical (unpaired) electrons. The number of nitrogens with zero attached hydrogens (tertiary/aromatic N) is 3. The van der Waals surface area contributed by atoms with Crippen molar-refractivity contribution in [3.05, 3.63) is 66.6 Å². The van der Waals surface area contributed by atoms with Gasteiger partial charge in [0.2, 0.25) is 0 Å². The maximum Gasteiger partial charge on any atom is 0.335 e. The van der Waals surface area contributed by atoms with E-state index >= 15 is 0 Å². The first kappa shape index (κ1) is 12.1. The summed E-state index contributed by atoms with van der Waals surface area (Å²) < 4.78 is 1.69. The van der Waals surface area contributed by atoms with Gasteiger partial charge in [-0.25, -0.2) is 9.48 Å². The van der Waals surface area contributed by atoms with Gasteiger partial charge in [-0.15, -0.1) is 0 Å². The Kier molecular flexibility index (Phi) is 3.01. The first-order valence-electron chi connectivity index (χ1n) is 6.04. The third-order valence-electron chi connectivity index (χ3n) is 2.92. The number of benzene rings is 1. The molecule has 0 atom stereocenters. The molecule has 0 aliphatic rings. The molecule has 0 fully saturated rings. The number of aromatic nitrogens is 3. The van der Waals surface area contributed by atoms with Crippen LogP contribution in [0.5, 0.6) is 0 Å². The highest BCUT2D eigenvalue weighted by atomic mass is 16.4. The molecule has 3 aromatic rings. The van der Waals surface area contributed by atoms with E-state index in [0.29, 0.717) is 0 Å². The second kappa shape index (κ2) is 4.97. The van der Waals surface area contributed by atoms with Crippen molar-refractivity contribution < 1.29 is 9.90 Å². The Morgan fingerprint density at radius 3 is 2.55 bits per heavy atom. The summed E-state index contributed by atoms with van der Waals surface area (Å²) in [6, 6.07) is 12.2. The highest BCUT2D eigenvalue weighted by Gasteiger charge is 2.06. The summed E-state index contributed by atoms with van der Waals surface area (Å²) in [6.45, 7) is 0.